The summed E-state index contributed by atoms with van der Waals surface area (Å²) in [6.07, 6.45) is 1.06. The molecular weight excluding hydrogens is 262 g/mol. The van der Waals surface area contributed by atoms with Crippen molar-refractivity contribution in [2.45, 2.75) is 53.4 Å². The van der Waals surface area contributed by atoms with Gasteiger partial charge in [-0.15, -0.1) is 0 Å². The van der Waals surface area contributed by atoms with Crippen LogP contribution in [0.3, 0.4) is 0 Å². The minimum absolute atomic E-state index is 0.0393. The number of hydrogen-bond donors (Lipinski definition) is 1. The van der Waals surface area contributed by atoms with Crippen LogP contribution >= 0.6 is 0 Å². The van der Waals surface area contributed by atoms with Crippen LogP contribution in [0.5, 0.6) is 0 Å². The minimum atomic E-state index is -0.127. The number of nitrogens with zero attached hydrogens (tertiary/aromatic N) is 2. The smallest absolute Gasteiger partial charge is 0.254 e. The van der Waals surface area contributed by atoms with Gasteiger partial charge in [-0.3, -0.25) is 4.79 Å². The van der Waals surface area contributed by atoms with Gasteiger partial charge in [-0.2, -0.15) is 0 Å². The van der Waals surface area contributed by atoms with Crippen LogP contribution in [0.25, 0.3) is 0 Å². The number of aromatic nitrogens is 1. The van der Waals surface area contributed by atoms with E-state index >= 15 is 0 Å². The monoisotopic (exact) mass is 291 g/mol. The van der Waals surface area contributed by atoms with Crippen LogP contribution in [0, 0.1) is 5.92 Å². The Morgan fingerprint density at radius 1 is 1.33 bits per heavy atom. The number of nitrogen functional groups attached to an aromatic ring is 1. The quantitative estimate of drug-likeness (QED) is 0.903. The molecule has 0 aromatic carbocycles. The van der Waals surface area contributed by atoms with Crippen molar-refractivity contribution in [1.82, 2.24) is 9.88 Å². The lowest BCUT2D eigenvalue weighted by atomic mass is 9.90. The van der Waals surface area contributed by atoms with Gasteiger partial charge in [0, 0.05) is 29.8 Å². The van der Waals surface area contributed by atoms with Gasteiger partial charge < -0.3 is 10.6 Å². The summed E-state index contributed by atoms with van der Waals surface area (Å²) in [5, 5.41) is 0. The molecule has 1 aromatic rings. The molecule has 0 radical (unpaired) electrons. The fraction of sp³-hybridized carbons (Fsp3) is 0.647. The Hall–Kier alpha value is -1.58. The van der Waals surface area contributed by atoms with Crippen LogP contribution in [-0.2, 0) is 5.41 Å². The van der Waals surface area contributed by atoms with E-state index < -0.39 is 0 Å². The number of nitrogens with two attached hydrogens (primary N) is 1. The normalized spacial score (nSPS) is 13.0. The van der Waals surface area contributed by atoms with Crippen molar-refractivity contribution in [3.05, 3.63) is 23.4 Å². The topological polar surface area (TPSA) is 59.2 Å². The SMILES string of the molecule is CCC(C)CN(CC)C(=O)c1cc(N)nc(C(C)(C)C)c1. The molecular formula is C17H29N3O. The van der Waals surface area contributed by atoms with Crippen molar-refractivity contribution in [3.8, 4) is 0 Å². The zero-order chi connectivity index (χ0) is 16.2. The number of anilines is 1. The molecule has 1 amide bonds. The first-order valence-corrected chi connectivity index (χ1v) is 7.76. The summed E-state index contributed by atoms with van der Waals surface area (Å²) >= 11 is 0. The highest BCUT2D eigenvalue weighted by atomic mass is 16.2. The first kappa shape index (κ1) is 17.5. The molecule has 1 aromatic heterocycles. The van der Waals surface area contributed by atoms with E-state index in [1.165, 1.54) is 0 Å². The fourth-order valence-electron chi connectivity index (χ4n) is 2.10. The third kappa shape index (κ3) is 4.73. The van der Waals surface area contributed by atoms with Gasteiger partial charge >= 0.3 is 0 Å². The predicted octanol–water partition coefficient (Wildman–Crippen LogP) is 3.47. The Balaban J connectivity index is 3.08. The summed E-state index contributed by atoms with van der Waals surface area (Å²) in [5.74, 6) is 0.943. The molecule has 1 heterocycles. The maximum absolute atomic E-state index is 12.7. The third-order valence-electron chi connectivity index (χ3n) is 3.76. The zero-order valence-electron chi connectivity index (χ0n) is 14.2. The van der Waals surface area contributed by atoms with Crippen LogP contribution in [0.15, 0.2) is 12.1 Å². The molecule has 1 unspecified atom stereocenters. The highest BCUT2D eigenvalue weighted by molar-refractivity contribution is 5.95. The average Bonchev–Trinajstić information content (AvgIpc) is 2.42. The van der Waals surface area contributed by atoms with Crippen molar-refractivity contribution in [2.75, 3.05) is 18.8 Å². The van der Waals surface area contributed by atoms with E-state index in [9.17, 15) is 4.79 Å². The van der Waals surface area contributed by atoms with E-state index in [0.717, 1.165) is 18.7 Å². The zero-order valence-corrected chi connectivity index (χ0v) is 14.2. The molecule has 1 atom stereocenters. The molecule has 0 aliphatic rings. The highest BCUT2D eigenvalue weighted by Gasteiger charge is 2.21. The van der Waals surface area contributed by atoms with Crippen LogP contribution in [0.1, 0.15) is 64.0 Å². The van der Waals surface area contributed by atoms with E-state index in [1.807, 2.05) is 17.9 Å². The molecule has 0 aliphatic carbocycles. The number of hydrogen-bond acceptors (Lipinski definition) is 3. The Morgan fingerprint density at radius 3 is 2.43 bits per heavy atom. The Labute approximate surface area is 128 Å². The lowest BCUT2D eigenvalue weighted by Gasteiger charge is -2.25. The van der Waals surface area contributed by atoms with E-state index in [1.54, 1.807) is 6.07 Å². The van der Waals surface area contributed by atoms with E-state index in [4.69, 9.17) is 5.73 Å². The number of carbonyl (C=O) groups excluding carboxylic acids is 1. The molecule has 4 heteroatoms. The summed E-state index contributed by atoms with van der Waals surface area (Å²) in [4.78, 5) is 18.9. The van der Waals surface area contributed by atoms with E-state index in [0.29, 0.717) is 23.8 Å². The second-order valence-corrected chi connectivity index (χ2v) is 6.77. The molecule has 0 spiro atoms. The van der Waals surface area contributed by atoms with Crippen molar-refractivity contribution in [1.29, 1.82) is 0 Å². The second-order valence-electron chi connectivity index (χ2n) is 6.77. The largest absolute Gasteiger partial charge is 0.384 e. The van der Waals surface area contributed by atoms with Crippen molar-refractivity contribution in [3.63, 3.8) is 0 Å². The van der Waals surface area contributed by atoms with Gasteiger partial charge in [0.05, 0.1) is 0 Å². The summed E-state index contributed by atoms with van der Waals surface area (Å²) in [7, 11) is 0. The van der Waals surface area contributed by atoms with Crippen LogP contribution in [0.4, 0.5) is 5.82 Å². The first-order chi connectivity index (χ1) is 9.68. The molecule has 0 fully saturated rings. The molecule has 2 N–H and O–H groups in total. The van der Waals surface area contributed by atoms with Gasteiger partial charge in [0.2, 0.25) is 0 Å². The lowest BCUT2D eigenvalue weighted by Crippen LogP contribution is -2.34. The molecule has 0 aliphatic heterocycles. The molecule has 0 bridgehead atoms. The van der Waals surface area contributed by atoms with Crippen LogP contribution < -0.4 is 5.73 Å². The standard InChI is InChI=1S/C17H29N3O/c1-7-12(3)11-20(8-2)16(21)13-9-14(17(4,5)6)19-15(18)10-13/h9-10,12H,7-8,11H2,1-6H3,(H2,18,19). The number of carbonyl (C=O) groups is 1. The van der Waals surface area contributed by atoms with Crippen LogP contribution in [0.2, 0.25) is 0 Å². The maximum Gasteiger partial charge on any atom is 0.254 e. The summed E-state index contributed by atoms with van der Waals surface area (Å²) in [5.41, 5.74) is 7.24. The third-order valence-corrected chi connectivity index (χ3v) is 3.76. The molecule has 0 saturated heterocycles. The number of amides is 1. The van der Waals surface area contributed by atoms with Crippen molar-refractivity contribution >= 4 is 11.7 Å². The van der Waals surface area contributed by atoms with Crippen molar-refractivity contribution in [2.24, 2.45) is 5.92 Å². The van der Waals surface area contributed by atoms with E-state index in [-0.39, 0.29) is 11.3 Å². The Bertz CT molecular complexity index is 491. The minimum Gasteiger partial charge on any atom is -0.384 e. The van der Waals surface area contributed by atoms with Crippen LogP contribution in [-0.4, -0.2) is 28.9 Å². The molecule has 118 valence electrons. The molecule has 1 rings (SSSR count). The Kier molecular flexibility index (Phi) is 5.76. The Morgan fingerprint density at radius 2 is 1.95 bits per heavy atom. The summed E-state index contributed by atoms with van der Waals surface area (Å²) in [6.45, 7) is 14.0. The molecule has 0 saturated carbocycles. The molecule has 21 heavy (non-hydrogen) atoms. The van der Waals surface area contributed by atoms with Gasteiger partial charge in [-0.25, -0.2) is 4.98 Å². The van der Waals surface area contributed by atoms with Crippen molar-refractivity contribution < 1.29 is 4.79 Å². The van der Waals surface area contributed by atoms with Gasteiger partial charge in [-0.1, -0.05) is 41.0 Å². The fourth-order valence-corrected chi connectivity index (χ4v) is 2.10. The molecule has 4 nitrogen and oxygen atoms in total. The predicted molar refractivity (Wildman–Crippen MR) is 88.4 cm³/mol. The van der Waals surface area contributed by atoms with Gasteiger partial charge in [0.25, 0.3) is 5.91 Å². The van der Waals surface area contributed by atoms with Gasteiger partial charge in [0.1, 0.15) is 5.82 Å². The number of pyridine rings is 1. The summed E-state index contributed by atoms with van der Waals surface area (Å²) < 4.78 is 0. The van der Waals surface area contributed by atoms with E-state index in [2.05, 4.69) is 39.6 Å². The van der Waals surface area contributed by atoms with Gasteiger partial charge in [-0.05, 0) is 25.0 Å². The maximum atomic E-state index is 12.7. The second kappa shape index (κ2) is 6.92. The number of rotatable bonds is 5. The summed E-state index contributed by atoms with van der Waals surface area (Å²) in [6, 6.07) is 3.55. The first-order valence-electron chi connectivity index (χ1n) is 7.76. The van der Waals surface area contributed by atoms with Gasteiger partial charge in [0.15, 0.2) is 0 Å². The highest BCUT2D eigenvalue weighted by Crippen LogP contribution is 2.23. The average molecular weight is 291 g/mol. The lowest BCUT2D eigenvalue weighted by molar-refractivity contribution is 0.0740.